The van der Waals surface area contributed by atoms with Gasteiger partial charge in [-0.3, -0.25) is 4.79 Å². The Labute approximate surface area is 188 Å². The highest BCUT2D eigenvalue weighted by molar-refractivity contribution is 7.89. The van der Waals surface area contributed by atoms with Crippen molar-refractivity contribution in [1.29, 1.82) is 0 Å². The number of ether oxygens (including phenoxy) is 1. The van der Waals surface area contributed by atoms with E-state index in [9.17, 15) is 18.0 Å². The second-order valence-corrected chi connectivity index (χ2v) is 9.34. The van der Waals surface area contributed by atoms with Crippen molar-refractivity contribution in [3.63, 3.8) is 0 Å². The van der Waals surface area contributed by atoms with Gasteiger partial charge in [-0.1, -0.05) is 18.2 Å². The Morgan fingerprint density at radius 1 is 1.09 bits per heavy atom. The van der Waals surface area contributed by atoms with E-state index in [1.54, 1.807) is 54.8 Å². The van der Waals surface area contributed by atoms with E-state index in [0.29, 0.717) is 27.6 Å². The highest BCUT2D eigenvalue weighted by Crippen LogP contribution is 2.26. The Kier molecular flexibility index (Phi) is 5.74. The number of hydrazone groups is 1. The number of carbonyl (C=O) groups excluding carboxylic acids is 2. The first kappa shape index (κ1) is 21.6. The Morgan fingerprint density at radius 3 is 2.38 bits per heavy atom. The predicted octanol–water partition coefficient (Wildman–Crippen LogP) is 3.42. The van der Waals surface area contributed by atoms with E-state index in [1.807, 2.05) is 0 Å². The third-order valence-electron chi connectivity index (χ3n) is 4.60. The van der Waals surface area contributed by atoms with Gasteiger partial charge in [0.05, 0.1) is 21.9 Å². The summed E-state index contributed by atoms with van der Waals surface area (Å²) in [7, 11) is -3.82. The molecule has 0 saturated heterocycles. The van der Waals surface area contributed by atoms with Crippen molar-refractivity contribution < 1.29 is 22.7 Å². The molecule has 2 heterocycles. The van der Waals surface area contributed by atoms with Gasteiger partial charge in [0.1, 0.15) is 10.6 Å². The van der Waals surface area contributed by atoms with E-state index in [-0.39, 0.29) is 10.8 Å². The number of hydrogen-bond acceptors (Lipinski definition) is 7. The Balaban J connectivity index is 1.50. The van der Waals surface area contributed by atoms with Crippen LogP contribution in [0.2, 0.25) is 0 Å². The summed E-state index contributed by atoms with van der Waals surface area (Å²) in [6.45, 7) is 1.71. The van der Waals surface area contributed by atoms with Crippen LogP contribution in [0, 0.1) is 0 Å². The predicted molar refractivity (Wildman–Crippen MR) is 122 cm³/mol. The van der Waals surface area contributed by atoms with Gasteiger partial charge in [-0.2, -0.15) is 10.1 Å². The summed E-state index contributed by atoms with van der Waals surface area (Å²) in [5.74, 6) is -0.381. The summed E-state index contributed by atoms with van der Waals surface area (Å²) in [6.07, 6.45) is 1.69. The normalized spacial score (nSPS) is 15.2. The van der Waals surface area contributed by atoms with Crippen LogP contribution >= 0.6 is 11.3 Å². The number of primary sulfonamides is 1. The summed E-state index contributed by atoms with van der Waals surface area (Å²) in [6, 6.07) is 15.8. The maximum Gasteiger partial charge on any atom is 0.353 e. The van der Waals surface area contributed by atoms with Gasteiger partial charge < -0.3 is 4.74 Å². The Bertz CT molecular complexity index is 1340. The monoisotopic (exact) mass is 467 g/mol. The minimum Gasteiger partial charge on any atom is -0.422 e. The first-order valence-corrected chi connectivity index (χ1v) is 11.8. The van der Waals surface area contributed by atoms with E-state index in [2.05, 4.69) is 5.10 Å². The number of anilines is 1. The average Bonchev–Trinajstić information content (AvgIpc) is 3.39. The molecule has 0 radical (unpaired) electrons. The molecule has 2 N–H and O–H groups in total. The topological polar surface area (TPSA) is 119 Å². The van der Waals surface area contributed by atoms with Crippen LogP contribution in [0.3, 0.4) is 0 Å². The zero-order valence-electron chi connectivity index (χ0n) is 16.8. The summed E-state index contributed by atoms with van der Waals surface area (Å²) in [4.78, 5) is 25.4. The molecule has 0 atom stereocenters. The van der Waals surface area contributed by atoms with Crippen molar-refractivity contribution in [3.05, 3.63) is 82.1 Å². The van der Waals surface area contributed by atoms with Gasteiger partial charge in [-0.15, -0.1) is 11.3 Å². The maximum absolute atomic E-state index is 12.9. The fraction of sp³-hybridized carbons (Fsp3) is 0.0455. The van der Waals surface area contributed by atoms with Crippen LogP contribution in [0.25, 0.3) is 6.08 Å². The number of thiophene rings is 1. The van der Waals surface area contributed by atoms with Gasteiger partial charge >= 0.3 is 5.97 Å². The second kappa shape index (κ2) is 8.50. The second-order valence-electron chi connectivity index (χ2n) is 6.84. The first-order valence-electron chi connectivity index (χ1n) is 9.33. The van der Waals surface area contributed by atoms with E-state index in [4.69, 9.17) is 9.88 Å². The van der Waals surface area contributed by atoms with E-state index >= 15 is 0 Å². The molecular formula is C22H17N3O5S2. The third kappa shape index (κ3) is 4.52. The molecule has 0 fully saturated rings. The van der Waals surface area contributed by atoms with E-state index in [1.165, 1.54) is 40.6 Å². The van der Waals surface area contributed by atoms with Crippen molar-refractivity contribution >= 4 is 50.7 Å². The van der Waals surface area contributed by atoms with Crippen molar-refractivity contribution in [2.24, 2.45) is 10.2 Å². The fourth-order valence-corrected chi connectivity index (χ4v) is 4.10. The highest BCUT2D eigenvalue weighted by atomic mass is 32.2. The number of benzene rings is 2. The molecule has 0 aliphatic carbocycles. The third-order valence-corrected chi connectivity index (χ3v) is 6.38. The molecule has 2 aromatic carbocycles. The molecule has 0 unspecified atom stereocenters. The van der Waals surface area contributed by atoms with Crippen LogP contribution in [0.1, 0.15) is 22.2 Å². The lowest BCUT2D eigenvalue weighted by Crippen LogP contribution is -2.21. The van der Waals surface area contributed by atoms with Gasteiger partial charge in [0, 0.05) is 0 Å². The number of esters is 1. The van der Waals surface area contributed by atoms with Gasteiger partial charge in [-0.05, 0) is 66.4 Å². The highest BCUT2D eigenvalue weighted by Gasteiger charge is 2.28. The number of sulfonamides is 1. The van der Waals surface area contributed by atoms with Gasteiger partial charge in [0.25, 0.3) is 5.91 Å². The molecule has 10 heteroatoms. The Hall–Kier alpha value is -3.60. The SMILES string of the molecule is CC1=NN(c2ccc(S(N)(=O)=O)cc2)C(=O)/C1=C/c1ccc(OC(=O)c2cccs2)cc1. The lowest BCUT2D eigenvalue weighted by molar-refractivity contribution is -0.114. The molecule has 1 amide bonds. The first-order chi connectivity index (χ1) is 15.2. The summed E-state index contributed by atoms with van der Waals surface area (Å²) in [5.41, 5.74) is 2.05. The standard InChI is InChI=1S/C22H17N3O5S2/c1-14-19(21(26)25(24-14)16-6-10-18(11-7-16)32(23,28)29)13-15-4-8-17(9-5-15)30-22(27)20-3-2-12-31-20/h2-13H,1H3,(H2,23,28,29)/b19-13+. The molecule has 0 saturated carbocycles. The number of hydrogen-bond donors (Lipinski definition) is 1. The summed E-state index contributed by atoms with van der Waals surface area (Å²) >= 11 is 1.30. The van der Waals surface area contributed by atoms with Gasteiger partial charge in [-0.25, -0.2) is 18.4 Å². The molecule has 4 rings (SSSR count). The van der Waals surface area contributed by atoms with Gasteiger partial charge in [0.15, 0.2) is 0 Å². The number of rotatable bonds is 5. The van der Waals surface area contributed by atoms with Crippen molar-refractivity contribution in [1.82, 2.24) is 0 Å². The number of carbonyl (C=O) groups is 2. The Morgan fingerprint density at radius 2 is 1.78 bits per heavy atom. The molecule has 3 aromatic rings. The van der Waals surface area contributed by atoms with Crippen LogP contribution in [0.5, 0.6) is 5.75 Å². The fourth-order valence-electron chi connectivity index (χ4n) is 2.99. The molecule has 1 aromatic heterocycles. The van der Waals surface area contributed by atoms with Crippen LogP contribution in [-0.2, 0) is 14.8 Å². The van der Waals surface area contributed by atoms with Crippen LogP contribution in [0.4, 0.5) is 5.69 Å². The molecule has 32 heavy (non-hydrogen) atoms. The molecule has 0 bridgehead atoms. The molecule has 1 aliphatic heterocycles. The zero-order valence-corrected chi connectivity index (χ0v) is 18.4. The van der Waals surface area contributed by atoms with Crippen LogP contribution in [-0.4, -0.2) is 26.0 Å². The van der Waals surface area contributed by atoms with Crippen molar-refractivity contribution in [2.45, 2.75) is 11.8 Å². The minimum atomic E-state index is -3.82. The lowest BCUT2D eigenvalue weighted by Gasteiger charge is -2.12. The van der Waals surface area contributed by atoms with Crippen molar-refractivity contribution in [3.8, 4) is 5.75 Å². The molecule has 162 valence electrons. The quantitative estimate of drug-likeness (QED) is 0.350. The van der Waals surface area contributed by atoms with Gasteiger partial charge in [0.2, 0.25) is 10.0 Å². The van der Waals surface area contributed by atoms with E-state index < -0.39 is 16.0 Å². The number of nitrogens with two attached hydrogens (primary N) is 1. The number of nitrogens with zero attached hydrogens (tertiary/aromatic N) is 2. The molecular weight excluding hydrogens is 450 g/mol. The maximum atomic E-state index is 12.9. The average molecular weight is 468 g/mol. The molecule has 1 aliphatic rings. The lowest BCUT2D eigenvalue weighted by atomic mass is 10.1. The largest absolute Gasteiger partial charge is 0.422 e. The van der Waals surface area contributed by atoms with E-state index in [0.717, 1.165) is 5.56 Å². The molecule has 0 spiro atoms. The van der Waals surface area contributed by atoms with Crippen LogP contribution in [0.15, 0.2) is 81.6 Å². The van der Waals surface area contributed by atoms with Crippen molar-refractivity contribution in [2.75, 3.05) is 5.01 Å². The summed E-state index contributed by atoms with van der Waals surface area (Å²) in [5, 5.41) is 12.4. The summed E-state index contributed by atoms with van der Waals surface area (Å²) < 4.78 is 28.2. The number of amides is 1. The van der Waals surface area contributed by atoms with Crippen LogP contribution < -0.4 is 14.9 Å². The molecule has 8 nitrogen and oxygen atoms in total. The minimum absolute atomic E-state index is 0.0516. The zero-order chi connectivity index (χ0) is 22.9. The smallest absolute Gasteiger partial charge is 0.353 e.